The molecule has 2 atom stereocenters. The summed E-state index contributed by atoms with van der Waals surface area (Å²) in [4.78, 5) is 13.5. The molecule has 0 spiro atoms. The van der Waals surface area contributed by atoms with Crippen molar-refractivity contribution in [3.63, 3.8) is 0 Å². The van der Waals surface area contributed by atoms with Crippen LogP contribution in [0.3, 0.4) is 0 Å². The van der Waals surface area contributed by atoms with Crippen molar-refractivity contribution in [2.45, 2.75) is 18.6 Å². The van der Waals surface area contributed by atoms with Crippen LogP contribution in [0.1, 0.15) is 6.42 Å². The monoisotopic (exact) mass is 218 g/mol. The van der Waals surface area contributed by atoms with Gasteiger partial charge in [-0.3, -0.25) is 4.79 Å². The fourth-order valence-electron chi connectivity index (χ4n) is 1.51. The predicted octanol–water partition coefficient (Wildman–Crippen LogP) is -0.469. The van der Waals surface area contributed by atoms with Crippen molar-refractivity contribution in [2.24, 2.45) is 0 Å². The highest BCUT2D eigenvalue weighted by Crippen LogP contribution is 2.09. The number of aliphatic hydroxyl groups is 1. The third kappa shape index (κ3) is 3.15. The quantitative estimate of drug-likeness (QED) is 0.670. The number of carbonyl (C=O) groups excluding carboxylic acids is 1. The van der Waals surface area contributed by atoms with Crippen LogP contribution in [0.4, 0.5) is 0 Å². The minimum atomic E-state index is -0.363. The van der Waals surface area contributed by atoms with Crippen molar-refractivity contribution < 1.29 is 9.90 Å². The fraction of sp³-hybridized carbons (Fsp3) is 0.889. The summed E-state index contributed by atoms with van der Waals surface area (Å²) in [5, 5.41) is 12.3. The predicted molar refractivity (Wildman–Crippen MR) is 58.4 cm³/mol. The molecule has 1 saturated heterocycles. The van der Waals surface area contributed by atoms with Gasteiger partial charge in [0.2, 0.25) is 5.91 Å². The number of carbonyl (C=O) groups is 1. The highest BCUT2D eigenvalue weighted by atomic mass is 32.2. The third-order valence-electron chi connectivity index (χ3n) is 2.41. The number of β-amino-alcohol motifs (C(OH)–C–C–N with tert-alkyl or cyclic N) is 1. The zero-order chi connectivity index (χ0) is 10.6. The maximum absolute atomic E-state index is 11.7. The summed E-state index contributed by atoms with van der Waals surface area (Å²) in [5.74, 6) is 1.05. The Morgan fingerprint density at radius 3 is 2.93 bits per heavy atom. The van der Waals surface area contributed by atoms with Gasteiger partial charge in [0.05, 0.1) is 12.1 Å². The topological polar surface area (TPSA) is 52.6 Å². The van der Waals surface area contributed by atoms with Gasteiger partial charge in [-0.1, -0.05) is 0 Å². The van der Waals surface area contributed by atoms with Crippen LogP contribution in [0.5, 0.6) is 0 Å². The summed E-state index contributed by atoms with van der Waals surface area (Å²) in [5.41, 5.74) is 0. The summed E-state index contributed by atoms with van der Waals surface area (Å²) < 4.78 is 0. The van der Waals surface area contributed by atoms with E-state index in [-0.39, 0.29) is 18.1 Å². The van der Waals surface area contributed by atoms with E-state index in [1.165, 1.54) is 0 Å². The lowest BCUT2D eigenvalue weighted by Gasteiger charge is -2.20. The minimum Gasteiger partial charge on any atom is -0.392 e. The number of thioether (sulfide) groups is 1. The molecule has 1 rings (SSSR count). The second-order valence-electron chi connectivity index (χ2n) is 3.60. The molecule has 5 heteroatoms. The zero-order valence-electron chi connectivity index (χ0n) is 8.69. The van der Waals surface area contributed by atoms with Gasteiger partial charge in [-0.25, -0.2) is 0 Å². The number of nitrogens with zero attached hydrogens (tertiary/aromatic N) is 1. The van der Waals surface area contributed by atoms with Gasteiger partial charge in [-0.05, 0) is 12.7 Å². The van der Waals surface area contributed by atoms with Crippen molar-refractivity contribution in [1.82, 2.24) is 10.2 Å². The Hall–Kier alpha value is -0.260. The molecule has 0 aromatic carbocycles. The Bertz CT molecular complexity index is 201. The second-order valence-corrected chi connectivity index (χ2v) is 4.59. The van der Waals surface area contributed by atoms with Crippen molar-refractivity contribution in [3.8, 4) is 0 Å². The Labute approximate surface area is 89.0 Å². The first-order valence-corrected chi connectivity index (χ1v) is 6.20. The summed E-state index contributed by atoms with van der Waals surface area (Å²) in [6.45, 7) is 1.31. The Morgan fingerprint density at radius 2 is 2.43 bits per heavy atom. The lowest BCUT2D eigenvalue weighted by Crippen LogP contribution is -2.42. The van der Waals surface area contributed by atoms with Crippen LogP contribution in [0, 0.1) is 0 Å². The normalized spacial score (nSPS) is 26.5. The second kappa shape index (κ2) is 5.58. The Morgan fingerprint density at radius 1 is 1.71 bits per heavy atom. The smallest absolute Gasteiger partial charge is 0.239 e. The molecule has 0 aromatic heterocycles. The molecule has 14 heavy (non-hydrogen) atoms. The lowest BCUT2D eigenvalue weighted by atomic mass is 10.2. The first-order valence-electron chi connectivity index (χ1n) is 4.80. The van der Waals surface area contributed by atoms with Crippen LogP contribution in [0.2, 0.25) is 0 Å². The van der Waals surface area contributed by atoms with E-state index >= 15 is 0 Å². The van der Waals surface area contributed by atoms with Gasteiger partial charge in [0.25, 0.3) is 0 Å². The molecule has 1 aliphatic rings. The van der Waals surface area contributed by atoms with Gasteiger partial charge in [0, 0.05) is 25.9 Å². The lowest BCUT2D eigenvalue weighted by molar-refractivity contribution is -0.131. The SMILES string of the molecule is CSCCN(C)C(=O)C1CC(O)CN1. The summed E-state index contributed by atoms with van der Waals surface area (Å²) >= 11 is 1.73. The number of nitrogens with one attached hydrogen (secondary N) is 1. The van der Waals surface area contributed by atoms with Gasteiger partial charge < -0.3 is 15.3 Å². The molecule has 0 aromatic rings. The van der Waals surface area contributed by atoms with E-state index in [2.05, 4.69) is 5.32 Å². The molecule has 1 heterocycles. The zero-order valence-corrected chi connectivity index (χ0v) is 9.51. The highest BCUT2D eigenvalue weighted by Gasteiger charge is 2.29. The van der Waals surface area contributed by atoms with E-state index in [0.717, 1.165) is 12.3 Å². The average molecular weight is 218 g/mol. The van der Waals surface area contributed by atoms with Crippen molar-refractivity contribution in [2.75, 3.05) is 32.1 Å². The van der Waals surface area contributed by atoms with Crippen LogP contribution in [-0.4, -0.2) is 60.2 Å². The van der Waals surface area contributed by atoms with Gasteiger partial charge >= 0.3 is 0 Å². The van der Waals surface area contributed by atoms with Gasteiger partial charge in [0.15, 0.2) is 0 Å². The molecule has 0 bridgehead atoms. The first-order chi connectivity index (χ1) is 6.65. The summed E-state index contributed by atoms with van der Waals surface area (Å²) in [6.07, 6.45) is 2.20. The average Bonchev–Trinajstić information content (AvgIpc) is 2.60. The molecule has 2 N–H and O–H groups in total. The van der Waals surface area contributed by atoms with E-state index in [4.69, 9.17) is 0 Å². The molecule has 82 valence electrons. The Kier molecular flexibility index (Phi) is 4.71. The molecular formula is C9H18N2O2S. The molecular weight excluding hydrogens is 200 g/mol. The van der Waals surface area contributed by atoms with E-state index in [0.29, 0.717) is 13.0 Å². The van der Waals surface area contributed by atoms with E-state index in [1.807, 2.05) is 13.3 Å². The molecule has 2 unspecified atom stereocenters. The van der Waals surface area contributed by atoms with Crippen LogP contribution in [0.15, 0.2) is 0 Å². The number of hydrogen-bond acceptors (Lipinski definition) is 4. The number of rotatable bonds is 4. The van der Waals surface area contributed by atoms with Crippen LogP contribution < -0.4 is 5.32 Å². The molecule has 4 nitrogen and oxygen atoms in total. The number of amides is 1. The largest absolute Gasteiger partial charge is 0.392 e. The van der Waals surface area contributed by atoms with Crippen molar-refractivity contribution >= 4 is 17.7 Å². The third-order valence-corrected chi connectivity index (χ3v) is 3.00. The molecule has 0 aliphatic carbocycles. The standard InChI is InChI=1S/C9H18N2O2S/c1-11(3-4-14-2)9(13)8-5-7(12)6-10-8/h7-8,10,12H,3-6H2,1-2H3. The van der Waals surface area contributed by atoms with E-state index in [9.17, 15) is 9.90 Å². The number of aliphatic hydroxyl groups excluding tert-OH is 1. The van der Waals surface area contributed by atoms with Gasteiger partial charge in [0.1, 0.15) is 0 Å². The number of likely N-dealkylation sites (N-methyl/N-ethyl adjacent to an activating group) is 1. The van der Waals surface area contributed by atoms with E-state index < -0.39 is 0 Å². The molecule has 1 fully saturated rings. The maximum Gasteiger partial charge on any atom is 0.239 e. The van der Waals surface area contributed by atoms with E-state index in [1.54, 1.807) is 16.7 Å². The Balaban J connectivity index is 2.32. The molecule has 1 amide bonds. The summed E-state index contributed by atoms with van der Waals surface area (Å²) in [7, 11) is 1.81. The summed E-state index contributed by atoms with van der Waals surface area (Å²) in [6, 6.07) is -0.183. The molecule has 0 radical (unpaired) electrons. The van der Waals surface area contributed by atoms with Crippen LogP contribution >= 0.6 is 11.8 Å². The molecule has 1 aliphatic heterocycles. The van der Waals surface area contributed by atoms with Gasteiger partial charge in [-0.2, -0.15) is 11.8 Å². The number of hydrogen-bond donors (Lipinski definition) is 2. The fourth-order valence-corrected chi connectivity index (χ4v) is 1.97. The van der Waals surface area contributed by atoms with Crippen molar-refractivity contribution in [1.29, 1.82) is 0 Å². The minimum absolute atomic E-state index is 0.0931. The van der Waals surface area contributed by atoms with Crippen LogP contribution in [0.25, 0.3) is 0 Å². The highest BCUT2D eigenvalue weighted by molar-refractivity contribution is 7.98. The maximum atomic E-state index is 11.7. The van der Waals surface area contributed by atoms with Gasteiger partial charge in [-0.15, -0.1) is 0 Å². The first kappa shape index (κ1) is 11.8. The van der Waals surface area contributed by atoms with Crippen LogP contribution in [-0.2, 0) is 4.79 Å². The molecule has 0 saturated carbocycles. The van der Waals surface area contributed by atoms with Crippen molar-refractivity contribution in [3.05, 3.63) is 0 Å².